The molecule has 0 saturated heterocycles. The fourth-order valence-corrected chi connectivity index (χ4v) is 9.68. The molecule has 76 heavy (non-hydrogen) atoms. The summed E-state index contributed by atoms with van der Waals surface area (Å²) in [6.07, 6.45) is 81.9. The van der Waals surface area contributed by atoms with Gasteiger partial charge in [-0.15, -0.1) is 0 Å². The number of allylic oxidation sites excluding steroid dienone is 16. The second-order valence-electron chi connectivity index (χ2n) is 22.4. The van der Waals surface area contributed by atoms with Crippen molar-refractivity contribution in [1.82, 2.24) is 5.32 Å². The van der Waals surface area contributed by atoms with Crippen LogP contribution in [0.5, 0.6) is 0 Å². The number of nitrogens with one attached hydrogen (secondary N) is 1. The minimum absolute atomic E-state index is 0.0722. The molecule has 0 saturated carbocycles. The van der Waals surface area contributed by atoms with Gasteiger partial charge >= 0.3 is 7.82 Å². The van der Waals surface area contributed by atoms with Crippen molar-refractivity contribution in [2.75, 3.05) is 40.9 Å². The predicted molar refractivity (Wildman–Crippen MR) is 332 cm³/mol. The van der Waals surface area contributed by atoms with Crippen molar-refractivity contribution in [3.8, 4) is 0 Å². The fourth-order valence-electron chi connectivity index (χ4n) is 8.95. The van der Waals surface area contributed by atoms with Gasteiger partial charge in [-0.3, -0.25) is 13.8 Å². The first-order valence-corrected chi connectivity index (χ1v) is 33.1. The molecule has 0 aliphatic heterocycles. The molecule has 0 rings (SSSR count). The van der Waals surface area contributed by atoms with Crippen molar-refractivity contribution in [2.45, 2.75) is 283 Å². The molecule has 0 radical (unpaired) electrons. The van der Waals surface area contributed by atoms with Crippen molar-refractivity contribution < 1.29 is 32.9 Å². The normalized spacial score (nSPS) is 14.5. The number of carbonyl (C=O) groups is 1. The highest BCUT2D eigenvalue weighted by molar-refractivity contribution is 7.47. The lowest BCUT2D eigenvalue weighted by Crippen LogP contribution is -2.46. The average Bonchev–Trinajstić information content (AvgIpc) is 3.38. The predicted octanol–water partition coefficient (Wildman–Crippen LogP) is 19.8. The van der Waals surface area contributed by atoms with Gasteiger partial charge in [0.25, 0.3) is 0 Å². The number of nitrogens with zero attached hydrogens (tertiary/aromatic N) is 1. The van der Waals surface area contributed by atoms with Crippen LogP contribution in [-0.2, 0) is 18.4 Å². The van der Waals surface area contributed by atoms with Gasteiger partial charge in [0, 0.05) is 6.42 Å². The number of phosphoric ester groups is 1. The van der Waals surface area contributed by atoms with Crippen LogP contribution >= 0.6 is 7.82 Å². The van der Waals surface area contributed by atoms with Crippen LogP contribution < -0.4 is 5.32 Å². The maximum atomic E-state index is 13.0. The van der Waals surface area contributed by atoms with Crippen molar-refractivity contribution in [1.29, 1.82) is 0 Å². The minimum Gasteiger partial charge on any atom is -0.391 e. The Labute approximate surface area is 470 Å². The molecular formula is C67H122N2O6P+. The van der Waals surface area contributed by atoms with Crippen LogP contribution in [0.3, 0.4) is 0 Å². The first kappa shape index (κ1) is 73.4. The molecule has 3 unspecified atom stereocenters. The Morgan fingerprint density at radius 3 is 1.16 bits per heavy atom. The van der Waals surface area contributed by atoms with Crippen LogP contribution in [0.2, 0.25) is 0 Å². The van der Waals surface area contributed by atoms with E-state index in [0.29, 0.717) is 23.9 Å². The van der Waals surface area contributed by atoms with E-state index in [2.05, 4.69) is 116 Å². The number of aliphatic hydroxyl groups is 1. The summed E-state index contributed by atoms with van der Waals surface area (Å²) < 4.78 is 23.8. The number of rotatable bonds is 57. The molecule has 0 aromatic heterocycles. The van der Waals surface area contributed by atoms with Crippen LogP contribution in [0, 0.1) is 0 Å². The summed E-state index contributed by atoms with van der Waals surface area (Å²) in [5.74, 6) is -0.146. The van der Waals surface area contributed by atoms with E-state index in [9.17, 15) is 19.4 Å². The molecule has 440 valence electrons. The highest BCUT2D eigenvalue weighted by atomic mass is 31.2. The average molecular weight is 1080 g/mol. The van der Waals surface area contributed by atoms with E-state index < -0.39 is 20.0 Å². The SMILES string of the molecule is CC/C=C\C/C=C\C/C=C\C/C=C\C/C=C\C/C=C\C/C=C\C/C=C\CCCCCCCCCCCCCCCCC(=O)NC(COP(=O)(O)OCC[N+](C)(C)C)C(O)CCCCCCCCCCCCCCCCC. The summed E-state index contributed by atoms with van der Waals surface area (Å²) in [5, 5.41) is 14.1. The van der Waals surface area contributed by atoms with Crippen LogP contribution in [-0.4, -0.2) is 73.4 Å². The molecule has 0 aliphatic rings. The molecule has 0 bridgehead atoms. The van der Waals surface area contributed by atoms with Gasteiger partial charge < -0.3 is 19.8 Å². The molecule has 3 N–H and O–H groups in total. The summed E-state index contributed by atoms with van der Waals surface area (Å²) >= 11 is 0. The number of unbranched alkanes of at least 4 members (excludes halogenated alkanes) is 28. The highest BCUT2D eigenvalue weighted by Gasteiger charge is 2.28. The quantitative estimate of drug-likeness (QED) is 0.0243. The molecule has 0 aromatic carbocycles. The van der Waals surface area contributed by atoms with Crippen LogP contribution in [0.15, 0.2) is 97.2 Å². The van der Waals surface area contributed by atoms with Crippen molar-refractivity contribution in [3.63, 3.8) is 0 Å². The molecule has 8 nitrogen and oxygen atoms in total. The number of carbonyl (C=O) groups excluding carboxylic acids is 1. The molecule has 3 atom stereocenters. The Balaban J connectivity index is 4.01. The second-order valence-corrected chi connectivity index (χ2v) is 23.9. The number of amides is 1. The number of hydrogen-bond donors (Lipinski definition) is 3. The van der Waals surface area contributed by atoms with Gasteiger partial charge in [0.1, 0.15) is 13.2 Å². The second kappa shape index (κ2) is 57.1. The van der Waals surface area contributed by atoms with Crippen LogP contribution in [0.4, 0.5) is 0 Å². The van der Waals surface area contributed by atoms with Crippen LogP contribution in [0.25, 0.3) is 0 Å². The Morgan fingerprint density at radius 1 is 0.461 bits per heavy atom. The van der Waals surface area contributed by atoms with Gasteiger partial charge in [-0.1, -0.05) is 284 Å². The Bertz CT molecular complexity index is 1560. The van der Waals surface area contributed by atoms with E-state index in [-0.39, 0.29) is 19.1 Å². The van der Waals surface area contributed by atoms with Gasteiger partial charge in [0.2, 0.25) is 5.91 Å². The van der Waals surface area contributed by atoms with Crippen LogP contribution in [0.1, 0.15) is 271 Å². The number of aliphatic hydroxyl groups excluding tert-OH is 1. The third kappa shape index (κ3) is 59.1. The lowest BCUT2D eigenvalue weighted by molar-refractivity contribution is -0.870. The van der Waals surface area contributed by atoms with E-state index >= 15 is 0 Å². The maximum absolute atomic E-state index is 13.0. The molecule has 9 heteroatoms. The zero-order valence-corrected chi connectivity index (χ0v) is 51.1. The van der Waals surface area contributed by atoms with E-state index in [4.69, 9.17) is 9.05 Å². The van der Waals surface area contributed by atoms with Gasteiger partial charge in [0.15, 0.2) is 0 Å². The fraction of sp³-hybridized carbons (Fsp3) is 0.746. The standard InChI is InChI=1S/C67H121N2O6P/c1-6-8-10-12-14-16-18-20-22-23-24-25-26-27-28-29-30-31-32-33-34-35-36-37-38-39-40-41-42-43-44-45-47-49-51-53-55-57-59-61-67(71)68-65(64-75-76(72,73)74-63-62-69(3,4)5)66(70)60-58-56-54-52-50-48-46-21-19-17-15-13-11-9-7-2/h8,10,14,16,20,22,24-25,27-28,30-31,33-34,36-37,65-66,70H,6-7,9,11-13,15,17-19,21,23,26,29,32,35,38-64H2,1-5H3,(H-,68,71,72,73)/p+1/b10-8-,16-14-,22-20-,25-24-,28-27-,31-30-,34-33-,37-36-. The van der Waals surface area contributed by atoms with E-state index in [1.165, 1.54) is 154 Å². The molecule has 0 heterocycles. The molecule has 1 amide bonds. The third-order valence-corrected chi connectivity index (χ3v) is 14.8. The van der Waals surface area contributed by atoms with Gasteiger partial charge in [-0.25, -0.2) is 4.57 Å². The summed E-state index contributed by atoms with van der Waals surface area (Å²) in [6, 6.07) is -0.765. The molecule has 0 aromatic rings. The van der Waals surface area contributed by atoms with E-state index in [1.807, 2.05) is 21.1 Å². The van der Waals surface area contributed by atoms with Gasteiger partial charge in [-0.2, -0.15) is 0 Å². The maximum Gasteiger partial charge on any atom is 0.472 e. The number of hydrogen-bond acceptors (Lipinski definition) is 5. The van der Waals surface area contributed by atoms with Gasteiger partial charge in [0.05, 0.1) is 39.9 Å². The minimum atomic E-state index is -4.33. The first-order chi connectivity index (χ1) is 37.0. The van der Waals surface area contributed by atoms with E-state index in [0.717, 1.165) is 89.9 Å². The summed E-state index contributed by atoms with van der Waals surface area (Å²) in [4.78, 5) is 23.4. The van der Waals surface area contributed by atoms with E-state index in [1.54, 1.807) is 0 Å². The Kier molecular flexibility index (Phi) is 55.2. The zero-order chi connectivity index (χ0) is 55.6. The van der Waals surface area contributed by atoms with Crippen molar-refractivity contribution >= 4 is 13.7 Å². The third-order valence-electron chi connectivity index (χ3n) is 13.8. The van der Waals surface area contributed by atoms with Gasteiger partial charge in [-0.05, 0) is 77.0 Å². The molecule has 0 aliphatic carbocycles. The largest absolute Gasteiger partial charge is 0.472 e. The smallest absolute Gasteiger partial charge is 0.391 e. The highest BCUT2D eigenvalue weighted by Crippen LogP contribution is 2.43. The Hall–Kier alpha value is -2.58. The topological polar surface area (TPSA) is 105 Å². The van der Waals surface area contributed by atoms with Crippen molar-refractivity contribution in [3.05, 3.63) is 97.2 Å². The number of phosphoric acid groups is 1. The summed E-state index contributed by atoms with van der Waals surface area (Å²) in [7, 11) is 1.61. The molecular weight excluding hydrogens is 960 g/mol. The summed E-state index contributed by atoms with van der Waals surface area (Å²) in [5.41, 5.74) is 0. The summed E-state index contributed by atoms with van der Waals surface area (Å²) in [6.45, 7) is 4.78. The lowest BCUT2D eigenvalue weighted by atomic mass is 10.0. The van der Waals surface area contributed by atoms with Crippen molar-refractivity contribution in [2.24, 2.45) is 0 Å². The Morgan fingerprint density at radius 2 is 0.789 bits per heavy atom. The molecule has 0 spiro atoms. The monoisotopic (exact) mass is 1080 g/mol. The number of likely N-dealkylation sites (N-methyl/N-ethyl adjacent to an activating group) is 1. The first-order valence-electron chi connectivity index (χ1n) is 31.6. The zero-order valence-electron chi connectivity index (χ0n) is 50.2. The molecule has 0 fully saturated rings. The number of quaternary nitrogens is 1. The lowest BCUT2D eigenvalue weighted by Gasteiger charge is -2.26.